The van der Waals surface area contributed by atoms with Gasteiger partial charge < -0.3 is 15.4 Å². The van der Waals surface area contributed by atoms with Crippen molar-refractivity contribution < 1.29 is 17.9 Å². The highest BCUT2D eigenvalue weighted by molar-refractivity contribution is 14.0. The van der Waals surface area contributed by atoms with Crippen molar-refractivity contribution in [2.24, 2.45) is 4.99 Å². The molecular weight excluding hydrogens is 434 g/mol. The molecule has 0 saturated heterocycles. The first-order valence-corrected chi connectivity index (χ1v) is 7.67. The summed E-state index contributed by atoms with van der Waals surface area (Å²) in [5, 5.41) is 6.43. The van der Waals surface area contributed by atoms with Crippen LogP contribution in [0, 0.1) is 0 Å². The summed E-state index contributed by atoms with van der Waals surface area (Å²) in [5.74, 6) is 0.916. The molecule has 0 amide bonds. The quantitative estimate of drug-likeness (QED) is 0.367. The van der Waals surface area contributed by atoms with E-state index in [-0.39, 0.29) is 29.7 Å². The Morgan fingerprint density at radius 2 is 1.83 bits per heavy atom. The fraction of sp³-hybridized carbons (Fsp3) is 0.562. The van der Waals surface area contributed by atoms with Crippen LogP contribution in [0.4, 0.5) is 13.2 Å². The third kappa shape index (κ3) is 9.84. The monoisotopic (exact) mass is 459 g/mol. The molecule has 8 heteroatoms. The van der Waals surface area contributed by atoms with Crippen LogP contribution in [0.15, 0.2) is 29.3 Å². The number of hydrogen-bond donors (Lipinski definition) is 2. The van der Waals surface area contributed by atoms with Crippen LogP contribution in [0.1, 0.15) is 32.8 Å². The minimum Gasteiger partial charge on any atom is -0.484 e. The minimum absolute atomic E-state index is 0. The smallest absolute Gasteiger partial charge is 0.422 e. The van der Waals surface area contributed by atoms with Crippen molar-refractivity contribution in [3.05, 3.63) is 29.8 Å². The van der Waals surface area contributed by atoms with Crippen molar-refractivity contribution in [3.8, 4) is 5.75 Å². The van der Waals surface area contributed by atoms with Crippen molar-refractivity contribution in [1.82, 2.24) is 10.6 Å². The molecule has 1 atom stereocenters. The highest BCUT2D eigenvalue weighted by Gasteiger charge is 2.28. The predicted molar refractivity (Wildman–Crippen MR) is 101 cm³/mol. The molecule has 4 nitrogen and oxygen atoms in total. The van der Waals surface area contributed by atoms with E-state index in [9.17, 15) is 13.2 Å². The van der Waals surface area contributed by atoms with Crippen molar-refractivity contribution in [2.75, 3.05) is 13.2 Å². The number of nitrogens with one attached hydrogen (secondary N) is 2. The Morgan fingerprint density at radius 1 is 1.21 bits per heavy atom. The standard InChI is InChI=1S/C16H24F3N3O.HI/c1-4-12(3)22-15(20-5-2)21-10-13-6-8-14(9-7-13)23-11-16(17,18)19;/h6-9,12H,4-5,10-11H2,1-3H3,(H2,20,21,22);1H. The highest BCUT2D eigenvalue weighted by atomic mass is 127. The molecule has 0 fully saturated rings. The molecule has 1 aromatic carbocycles. The molecule has 0 aliphatic rings. The van der Waals surface area contributed by atoms with Crippen LogP contribution in [0.5, 0.6) is 5.75 Å². The van der Waals surface area contributed by atoms with Gasteiger partial charge in [-0.25, -0.2) is 4.99 Å². The van der Waals surface area contributed by atoms with Crippen LogP contribution in [0.25, 0.3) is 0 Å². The summed E-state index contributed by atoms with van der Waals surface area (Å²) in [6, 6.07) is 6.77. The van der Waals surface area contributed by atoms with E-state index in [4.69, 9.17) is 0 Å². The van der Waals surface area contributed by atoms with Crippen LogP contribution in [0.3, 0.4) is 0 Å². The lowest BCUT2D eigenvalue weighted by Crippen LogP contribution is -2.41. The van der Waals surface area contributed by atoms with Crippen molar-refractivity contribution in [3.63, 3.8) is 0 Å². The molecule has 138 valence electrons. The van der Waals surface area contributed by atoms with Gasteiger partial charge in [0.25, 0.3) is 0 Å². The molecule has 1 aromatic rings. The molecule has 0 radical (unpaired) electrons. The average Bonchev–Trinajstić information content (AvgIpc) is 2.51. The van der Waals surface area contributed by atoms with E-state index in [0.29, 0.717) is 12.6 Å². The molecule has 1 rings (SSSR count). The topological polar surface area (TPSA) is 45.7 Å². The average molecular weight is 459 g/mol. The second-order valence-electron chi connectivity index (χ2n) is 5.20. The van der Waals surface area contributed by atoms with Gasteiger partial charge in [-0.3, -0.25) is 0 Å². The van der Waals surface area contributed by atoms with Crippen LogP contribution >= 0.6 is 24.0 Å². The first-order chi connectivity index (χ1) is 10.8. The number of alkyl halides is 3. The molecule has 1 unspecified atom stereocenters. The zero-order valence-corrected chi connectivity index (χ0v) is 16.4. The molecule has 2 N–H and O–H groups in total. The second-order valence-corrected chi connectivity index (χ2v) is 5.20. The predicted octanol–water partition coefficient (Wildman–Crippen LogP) is 4.10. The van der Waals surface area contributed by atoms with Gasteiger partial charge in [-0.15, -0.1) is 24.0 Å². The van der Waals surface area contributed by atoms with E-state index in [1.54, 1.807) is 12.1 Å². The first kappa shape index (κ1) is 22.8. The maximum Gasteiger partial charge on any atom is 0.422 e. The first-order valence-electron chi connectivity index (χ1n) is 7.67. The van der Waals surface area contributed by atoms with Gasteiger partial charge in [-0.2, -0.15) is 13.2 Å². The summed E-state index contributed by atoms with van der Waals surface area (Å²) < 4.78 is 40.9. The summed E-state index contributed by atoms with van der Waals surface area (Å²) in [6.45, 7) is 6.05. The normalized spacial score (nSPS) is 13.0. The minimum atomic E-state index is -4.33. The number of rotatable bonds is 7. The van der Waals surface area contributed by atoms with Gasteiger partial charge in [0, 0.05) is 12.6 Å². The van der Waals surface area contributed by atoms with E-state index in [1.807, 2.05) is 6.92 Å². The Morgan fingerprint density at radius 3 is 2.33 bits per heavy atom. The highest BCUT2D eigenvalue weighted by Crippen LogP contribution is 2.19. The molecule has 0 aliphatic carbocycles. The summed E-state index contributed by atoms with van der Waals surface area (Å²) in [6.07, 6.45) is -3.35. The molecule has 0 spiro atoms. The summed E-state index contributed by atoms with van der Waals surface area (Å²) in [7, 11) is 0. The van der Waals surface area contributed by atoms with Crippen LogP contribution in [0.2, 0.25) is 0 Å². The zero-order valence-electron chi connectivity index (χ0n) is 14.1. The summed E-state index contributed by atoms with van der Waals surface area (Å²) in [5.41, 5.74) is 0.894. The number of ether oxygens (including phenoxy) is 1. The fourth-order valence-corrected chi connectivity index (χ4v) is 1.68. The Hall–Kier alpha value is -1.19. The molecule has 0 saturated carbocycles. The van der Waals surface area contributed by atoms with Gasteiger partial charge in [0.15, 0.2) is 12.6 Å². The van der Waals surface area contributed by atoms with E-state index in [0.717, 1.165) is 24.5 Å². The van der Waals surface area contributed by atoms with Gasteiger partial charge in [0.1, 0.15) is 5.75 Å². The van der Waals surface area contributed by atoms with Crippen molar-refractivity contribution in [2.45, 2.75) is 46.0 Å². The number of benzene rings is 1. The molecule has 0 bridgehead atoms. The number of halogens is 4. The maximum atomic E-state index is 12.1. The Labute approximate surface area is 158 Å². The Kier molecular flexibility index (Phi) is 10.8. The van der Waals surface area contributed by atoms with E-state index >= 15 is 0 Å². The summed E-state index contributed by atoms with van der Waals surface area (Å²) >= 11 is 0. The fourth-order valence-electron chi connectivity index (χ4n) is 1.68. The number of aliphatic imine (C=N–C) groups is 1. The Bertz CT molecular complexity index is 492. The number of guanidine groups is 1. The van der Waals surface area contributed by atoms with Gasteiger partial charge >= 0.3 is 6.18 Å². The molecule has 24 heavy (non-hydrogen) atoms. The van der Waals surface area contributed by atoms with Gasteiger partial charge in [-0.1, -0.05) is 19.1 Å². The number of hydrogen-bond acceptors (Lipinski definition) is 2. The molecular formula is C16H25F3IN3O. The maximum absolute atomic E-state index is 12.1. The van der Waals surface area contributed by atoms with E-state index in [2.05, 4.69) is 34.2 Å². The second kappa shape index (κ2) is 11.4. The molecule has 0 heterocycles. The lowest BCUT2D eigenvalue weighted by molar-refractivity contribution is -0.153. The zero-order chi connectivity index (χ0) is 17.3. The van der Waals surface area contributed by atoms with Crippen LogP contribution < -0.4 is 15.4 Å². The number of nitrogens with zero attached hydrogens (tertiary/aromatic N) is 1. The Balaban J connectivity index is 0.00000529. The van der Waals surface area contributed by atoms with E-state index in [1.165, 1.54) is 12.1 Å². The lowest BCUT2D eigenvalue weighted by atomic mass is 10.2. The van der Waals surface area contributed by atoms with Gasteiger partial charge in [0.2, 0.25) is 0 Å². The lowest BCUT2D eigenvalue weighted by Gasteiger charge is -2.16. The SMILES string of the molecule is CCNC(=NCc1ccc(OCC(F)(F)F)cc1)NC(C)CC.I. The van der Waals surface area contributed by atoms with E-state index < -0.39 is 12.8 Å². The van der Waals surface area contributed by atoms with Crippen LogP contribution in [-0.4, -0.2) is 31.3 Å². The van der Waals surface area contributed by atoms with Gasteiger partial charge in [-0.05, 0) is 38.0 Å². The summed E-state index contributed by atoms with van der Waals surface area (Å²) in [4.78, 5) is 4.46. The third-order valence-electron chi connectivity index (χ3n) is 3.09. The molecule has 0 aromatic heterocycles. The van der Waals surface area contributed by atoms with Crippen LogP contribution in [-0.2, 0) is 6.54 Å². The van der Waals surface area contributed by atoms with Crippen molar-refractivity contribution in [1.29, 1.82) is 0 Å². The van der Waals surface area contributed by atoms with Crippen molar-refractivity contribution >= 4 is 29.9 Å². The molecule has 0 aliphatic heterocycles. The third-order valence-corrected chi connectivity index (χ3v) is 3.09. The largest absolute Gasteiger partial charge is 0.484 e. The van der Waals surface area contributed by atoms with Gasteiger partial charge in [0.05, 0.1) is 6.54 Å².